The fourth-order valence-corrected chi connectivity index (χ4v) is 4.92. The molecule has 188 valence electrons. The summed E-state index contributed by atoms with van der Waals surface area (Å²) in [7, 11) is 0. The molecular formula is C33H33NO3. The predicted octanol–water partition coefficient (Wildman–Crippen LogP) is 7.25. The van der Waals surface area contributed by atoms with Gasteiger partial charge in [-0.15, -0.1) is 0 Å². The van der Waals surface area contributed by atoms with Crippen LogP contribution < -0.4 is 5.48 Å². The van der Waals surface area contributed by atoms with E-state index in [4.69, 9.17) is 4.84 Å². The van der Waals surface area contributed by atoms with Crippen LogP contribution in [0.5, 0.6) is 0 Å². The molecule has 0 heterocycles. The molecule has 4 heteroatoms. The maximum atomic E-state index is 12.1. The zero-order valence-electron chi connectivity index (χ0n) is 21.0. The van der Waals surface area contributed by atoms with E-state index in [0.29, 0.717) is 12.0 Å². The number of hydroxylamine groups is 1. The molecule has 4 rings (SSSR count). The van der Waals surface area contributed by atoms with E-state index >= 15 is 0 Å². The van der Waals surface area contributed by atoms with Crippen molar-refractivity contribution < 1.29 is 14.4 Å². The van der Waals surface area contributed by atoms with Crippen LogP contribution in [0.2, 0.25) is 0 Å². The second kappa shape index (κ2) is 13.2. The third-order valence-corrected chi connectivity index (χ3v) is 6.77. The summed E-state index contributed by atoms with van der Waals surface area (Å²) in [4.78, 5) is 29.0. The molecule has 0 spiro atoms. The molecule has 0 atom stereocenters. The van der Waals surface area contributed by atoms with Crippen LogP contribution in [0.15, 0.2) is 121 Å². The van der Waals surface area contributed by atoms with Gasteiger partial charge in [-0.2, -0.15) is 5.48 Å². The van der Waals surface area contributed by atoms with Gasteiger partial charge in [0.15, 0.2) is 0 Å². The van der Waals surface area contributed by atoms with Gasteiger partial charge in [0.1, 0.15) is 0 Å². The molecule has 0 aliphatic heterocycles. The fraction of sp³-hybridized carbons (Fsp3) is 0.212. The lowest BCUT2D eigenvalue weighted by atomic mass is 9.66. The molecule has 1 N–H and O–H groups in total. The van der Waals surface area contributed by atoms with Crippen LogP contribution in [0, 0.1) is 0 Å². The lowest BCUT2D eigenvalue weighted by Gasteiger charge is -2.36. The number of benzene rings is 4. The third-order valence-electron chi connectivity index (χ3n) is 6.77. The highest BCUT2D eigenvalue weighted by atomic mass is 16.7. The van der Waals surface area contributed by atoms with Gasteiger partial charge < -0.3 is 4.84 Å². The minimum absolute atomic E-state index is 0.243. The second-order valence-electron chi connectivity index (χ2n) is 9.20. The van der Waals surface area contributed by atoms with Gasteiger partial charge in [0.25, 0.3) is 5.91 Å². The Kier molecular flexibility index (Phi) is 9.25. The van der Waals surface area contributed by atoms with Crippen molar-refractivity contribution in [3.63, 3.8) is 0 Å². The van der Waals surface area contributed by atoms with E-state index in [1.165, 1.54) is 16.7 Å². The van der Waals surface area contributed by atoms with Crippen molar-refractivity contribution in [2.45, 2.75) is 43.9 Å². The van der Waals surface area contributed by atoms with Crippen LogP contribution in [0.1, 0.15) is 65.6 Å². The van der Waals surface area contributed by atoms with Gasteiger partial charge >= 0.3 is 5.97 Å². The lowest BCUT2D eigenvalue weighted by Crippen LogP contribution is -2.29. The SMILES string of the molecule is O=C(CCCCCCC(c1ccccc1)(c1ccccc1)c1ccccc1)NOC(=O)c1ccccc1. The second-order valence-corrected chi connectivity index (χ2v) is 9.20. The van der Waals surface area contributed by atoms with Gasteiger partial charge in [0.05, 0.1) is 5.56 Å². The molecular weight excluding hydrogens is 458 g/mol. The van der Waals surface area contributed by atoms with Crippen molar-refractivity contribution in [1.82, 2.24) is 5.48 Å². The average molecular weight is 492 g/mol. The molecule has 0 bridgehead atoms. The molecule has 4 aromatic carbocycles. The number of carbonyl (C=O) groups is 2. The Hall–Kier alpha value is -4.18. The van der Waals surface area contributed by atoms with Crippen LogP contribution in [0.25, 0.3) is 0 Å². The van der Waals surface area contributed by atoms with Gasteiger partial charge in [0.2, 0.25) is 0 Å². The smallest absolute Gasteiger partial charge is 0.335 e. The zero-order valence-corrected chi connectivity index (χ0v) is 21.0. The normalized spacial score (nSPS) is 11.0. The average Bonchev–Trinajstić information content (AvgIpc) is 2.97. The Labute approximate surface area is 219 Å². The van der Waals surface area contributed by atoms with Crippen LogP contribution in [0.4, 0.5) is 0 Å². The predicted molar refractivity (Wildman–Crippen MR) is 147 cm³/mol. The van der Waals surface area contributed by atoms with Crippen LogP contribution in [0.3, 0.4) is 0 Å². The van der Waals surface area contributed by atoms with Crippen LogP contribution in [-0.2, 0) is 15.0 Å². The lowest BCUT2D eigenvalue weighted by molar-refractivity contribution is -0.130. The quantitative estimate of drug-likeness (QED) is 0.137. The molecule has 0 radical (unpaired) electrons. The van der Waals surface area contributed by atoms with Gasteiger partial charge in [-0.05, 0) is 41.7 Å². The Morgan fingerprint density at radius 1 is 0.568 bits per heavy atom. The number of carbonyl (C=O) groups excluding carboxylic acids is 2. The minimum Gasteiger partial charge on any atom is -0.335 e. The van der Waals surface area contributed by atoms with E-state index in [9.17, 15) is 9.59 Å². The Morgan fingerprint density at radius 2 is 1.00 bits per heavy atom. The monoisotopic (exact) mass is 491 g/mol. The van der Waals surface area contributed by atoms with Crippen molar-refractivity contribution in [3.8, 4) is 0 Å². The Morgan fingerprint density at radius 3 is 1.49 bits per heavy atom. The van der Waals surface area contributed by atoms with Crippen LogP contribution >= 0.6 is 0 Å². The molecule has 0 aliphatic carbocycles. The highest BCUT2D eigenvalue weighted by Gasteiger charge is 2.35. The number of hydrogen-bond donors (Lipinski definition) is 1. The standard InChI is InChI=1S/C33H33NO3/c35-31(34-37-32(36)27-17-7-3-8-18-27)25-15-1-2-16-26-33(28-19-9-4-10-20-28,29-21-11-5-12-22-29)30-23-13-6-14-24-30/h3-14,17-24H,1-2,15-16,25-26H2,(H,34,35). The molecule has 4 aromatic rings. The molecule has 0 saturated carbocycles. The number of amides is 1. The maximum Gasteiger partial charge on any atom is 0.362 e. The van der Waals surface area contributed by atoms with E-state index in [1.54, 1.807) is 24.3 Å². The molecule has 37 heavy (non-hydrogen) atoms. The van der Waals surface area contributed by atoms with E-state index in [0.717, 1.165) is 32.1 Å². The zero-order chi connectivity index (χ0) is 25.8. The largest absolute Gasteiger partial charge is 0.362 e. The summed E-state index contributed by atoms with van der Waals surface area (Å²) in [6.07, 6.45) is 4.97. The Bertz CT molecular complexity index is 1150. The van der Waals surface area contributed by atoms with Crippen LogP contribution in [-0.4, -0.2) is 11.9 Å². The molecule has 0 aliphatic rings. The first kappa shape index (κ1) is 25.9. The summed E-state index contributed by atoms with van der Waals surface area (Å²) < 4.78 is 0. The van der Waals surface area contributed by atoms with E-state index in [2.05, 4.69) is 96.5 Å². The summed E-state index contributed by atoms with van der Waals surface area (Å²) in [6, 6.07) is 40.8. The Balaban J connectivity index is 1.34. The summed E-state index contributed by atoms with van der Waals surface area (Å²) >= 11 is 0. The van der Waals surface area contributed by atoms with E-state index in [1.807, 2.05) is 6.07 Å². The summed E-state index contributed by atoms with van der Waals surface area (Å²) in [5.74, 6) is -0.843. The van der Waals surface area contributed by atoms with Crippen molar-refractivity contribution >= 4 is 11.9 Å². The van der Waals surface area contributed by atoms with Gasteiger partial charge in [-0.1, -0.05) is 128 Å². The summed E-state index contributed by atoms with van der Waals surface area (Å²) in [5, 5.41) is 0. The third kappa shape index (κ3) is 6.73. The maximum absolute atomic E-state index is 12.1. The highest BCUT2D eigenvalue weighted by Crippen LogP contribution is 2.43. The van der Waals surface area contributed by atoms with E-state index in [-0.39, 0.29) is 11.3 Å². The highest BCUT2D eigenvalue weighted by molar-refractivity contribution is 5.90. The van der Waals surface area contributed by atoms with E-state index < -0.39 is 5.97 Å². The first-order valence-corrected chi connectivity index (χ1v) is 12.9. The number of nitrogens with one attached hydrogen (secondary N) is 1. The summed E-state index contributed by atoms with van der Waals surface area (Å²) in [6.45, 7) is 0. The molecule has 0 unspecified atom stereocenters. The van der Waals surface area contributed by atoms with Gasteiger partial charge in [0, 0.05) is 11.8 Å². The van der Waals surface area contributed by atoms with Crippen molar-refractivity contribution in [2.24, 2.45) is 0 Å². The first-order valence-electron chi connectivity index (χ1n) is 12.9. The molecule has 1 amide bonds. The topological polar surface area (TPSA) is 55.4 Å². The first-order chi connectivity index (χ1) is 18.2. The van der Waals surface area contributed by atoms with Gasteiger partial charge in [-0.3, -0.25) is 4.79 Å². The summed E-state index contributed by atoms with van der Waals surface area (Å²) in [5.41, 5.74) is 6.29. The van der Waals surface area contributed by atoms with Crippen molar-refractivity contribution in [3.05, 3.63) is 144 Å². The molecule has 0 saturated heterocycles. The minimum atomic E-state index is -0.562. The van der Waals surface area contributed by atoms with Gasteiger partial charge in [-0.25, -0.2) is 4.79 Å². The number of hydrogen-bond acceptors (Lipinski definition) is 3. The number of rotatable bonds is 11. The number of unbranched alkanes of at least 4 members (excludes halogenated alkanes) is 3. The molecule has 0 aromatic heterocycles. The van der Waals surface area contributed by atoms with Crippen molar-refractivity contribution in [2.75, 3.05) is 0 Å². The molecule has 4 nitrogen and oxygen atoms in total. The molecule has 0 fully saturated rings. The van der Waals surface area contributed by atoms with Crippen molar-refractivity contribution in [1.29, 1.82) is 0 Å². The fourth-order valence-electron chi connectivity index (χ4n) is 4.92.